The first-order valence-corrected chi connectivity index (χ1v) is 7.84. The molecule has 0 spiro atoms. The molecule has 8 heteroatoms. The van der Waals surface area contributed by atoms with Gasteiger partial charge in [-0.05, 0) is 42.5 Å². The van der Waals surface area contributed by atoms with E-state index in [2.05, 4.69) is 5.32 Å². The zero-order chi connectivity index (χ0) is 17.0. The zero-order valence-electron chi connectivity index (χ0n) is 12.1. The van der Waals surface area contributed by atoms with Gasteiger partial charge in [0.25, 0.3) is 0 Å². The topological polar surface area (TPSA) is 122 Å². The Labute approximate surface area is 133 Å². The molecular formula is C15H13N3O4S. The number of amides is 1. The van der Waals surface area contributed by atoms with E-state index in [4.69, 9.17) is 15.2 Å². The van der Waals surface area contributed by atoms with Crippen molar-refractivity contribution >= 4 is 27.4 Å². The zero-order valence-corrected chi connectivity index (χ0v) is 12.9. The first-order chi connectivity index (χ1) is 10.8. The Bertz CT molecular complexity index is 884. The molecular weight excluding hydrogens is 318 g/mol. The molecule has 0 aliphatic rings. The van der Waals surface area contributed by atoms with E-state index in [0.717, 1.165) is 0 Å². The lowest BCUT2D eigenvalue weighted by molar-refractivity contribution is -0.114. The Hall–Kier alpha value is -3.05. The van der Waals surface area contributed by atoms with Crippen LogP contribution in [0.2, 0.25) is 0 Å². The van der Waals surface area contributed by atoms with E-state index < -0.39 is 10.1 Å². The Kier molecular flexibility index (Phi) is 4.52. The summed E-state index contributed by atoms with van der Waals surface area (Å²) in [4.78, 5) is 10.9. The minimum atomic E-state index is -4.08. The largest absolute Gasteiger partial charge is 0.397 e. The van der Waals surface area contributed by atoms with Crippen LogP contribution in [0.25, 0.3) is 0 Å². The van der Waals surface area contributed by atoms with Crippen molar-refractivity contribution in [3.05, 3.63) is 48.0 Å². The summed E-state index contributed by atoms with van der Waals surface area (Å²) in [5, 5.41) is 11.2. The highest BCUT2D eigenvalue weighted by molar-refractivity contribution is 7.87. The van der Waals surface area contributed by atoms with Gasteiger partial charge in [-0.3, -0.25) is 4.79 Å². The minimum Gasteiger partial charge on any atom is -0.397 e. The Morgan fingerprint density at radius 3 is 2.39 bits per heavy atom. The summed E-state index contributed by atoms with van der Waals surface area (Å²) in [6.07, 6.45) is 0. The molecule has 7 nitrogen and oxygen atoms in total. The van der Waals surface area contributed by atoms with E-state index in [1.807, 2.05) is 6.07 Å². The number of hydrogen-bond acceptors (Lipinski definition) is 6. The van der Waals surface area contributed by atoms with E-state index in [-0.39, 0.29) is 22.2 Å². The van der Waals surface area contributed by atoms with Crippen molar-refractivity contribution in [1.82, 2.24) is 0 Å². The fourth-order valence-electron chi connectivity index (χ4n) is 1.76. The fraction of sp³-hybridized carbons (Fsp3) is 0.0667. The summed E-state index contributed by atoms with van der Waals surface area (Å²) >= 11 is 0. The summed E-state index contributed by atoms with van der Waals surface area (Å²) in [7, 11) is -4.08. The fourth-order valence-corrected chi connectivity index (χ4v) is 2.73. The highest BCUT2D eigenvalue weighted by Crippen LogP contribution is 2.25. The van der Waals surface area contributed by atoms with Crippen LogP contribution in [-0.4, -0.2) is 14.3 Å². The normalized spacial score (nSPS) is 10.6. The van der Waals surface area contributed by atoms with Gasteiger partial charge >= 0.3 is 10.1 Å². The van der Waals surface area contributed by atoms with Crippen LogP contribution in [0.15, 0.2) is 47.4 Å². The average molecular weight is 331 g/mol. The number of nitriles is 1. The van der Waals surface area contributed by atoms with Crippen molar-refractivity contribution in [1.29, 1.82) is 5.26 Å². The van der Waals surface area contributed by atoms with Crippen molar-refractivity contribution < 1.29 is 17.4 Å². The van der Waals surface area contributed by atoms with Crippen LogP contribution in [-0.2, 0) is 14.9 Å². The van der Waals surface area contributed by atoms with Crippen LogP contribution < -0.4 is 15.2 Å². The van der Waals surface area contributed by atoms with Crippen LogP contribution in [0.5, 0.6) is 5.75 Å². The number of hydrogen-bond donors (Lipinski definition) is 2. The first-order valence-electron chi connectivity index (χ1n) is 6.43. The molecule has 0 bridgehead atoms. The van der Waals surface area contributed by atoms with Gasteiger partial charge in [0.05, 0.1) is 23.0 Å². The SMILES string of the molecule is CC(=O)Nc1ccc(S(=O)(=O)Oc2ccc(C#N)cc2)cc1N. The van der Waals surface area contributed by atoms with Crippen molar-refractivity contribution in [2.24, 2.45) is 0 Å². The molecule has 0 aliphatic heterocycles. The van der Waals surface area contributed by atoms with Gasteiger partial charge in [0.2, 0.25) is 5.91 Å². The number of carbonyl (C=O) groups is 1. The summed E-state index contributed by atoms with van der Waals surface area (Å²) in [6.45, 7) is 1.32. The van der Waals surface area contributed by atoms with E-state index in [9.17, 15) is 13.2 Å². The molecule has 0 atom stereocenters. The Balaban J connectivity index is 2.27. The van der Waals surface area contributed by atoms with Gasteiger partial charge < -0.3 is 15.2 Å². The number of nitrogens with one attached hydrogen (secondary N) is 1. The molecule has 0 aromatic heterocycles. The summed E-state index contributed by atoms with van der Waals surface area (Å²) < 4.78 is 29.4. The number of nitrogens with zero attached hydrogens (tertiary/aromatic N) is 1. The number of nitrogens with two attached hydrogens (primary N) is 1. The van der Waals surface area contributed by atoms with Gasteiger partial charge in [0.15, 0.2) is 0 Å². The van der Waals surface area contributed by atoms with E-state index in [1.54, 1.807) is 0 Å². The standard InChI is InChI=1S/C15H13N3O4S/c1-10(19)18-15-7-6-13(8-14(15)17)23(20,21)22-12-4-2-11(9-16)3-5-12/h2-8H,17H2,1H3,(H,18,19). The van der Waals surface area contributed by atoms with Gasteiger partial charge in [-0.2, -0.15) is 13.7 Å². The molecule has 1 amide bonds. The molecule has 3 N–H and O–H groups in total. The van der Waals surface area contributed by atoms with Crippen molar-refractivity contribution in [3.63, 3.8) is 0 Å². The van der Waals surface area contributed by atoms with Crippen molar-refractivity contribution in [3.8, 4) is 11.8 Å². The number of anilines is 2. The third-order valence-electron chi connectivity index (χ3n) is 2.81. The van der Waals surface area contributed by atoms with Crippen LogP contribution in [0.4, 0.5) is 11.4 Å². The second-order valence-corrected chi connectivity index (χ2v) is 6.15. The summed E-state index contributed by atoms with van der Waals surface area (Å²) in [5.74, 6) is -0.241. The summed E-state index contributed by atoms with van der Waals surface area (Å²) in [5.41, 5.74) is 6.53. The highest BCUT2D eigenvalue weighted by atomic mass is 32.2. The summed E-state index contributed by atoms with van der Waals surface area (Å²) in [6, 6.07) is 11.4. The van der Waals surface area contributed by atoms with Crippen LogP contribution in [0.3, 0.4) is 0 Å². The van der Waals surface area contributed by atoms with E-state index in [0.29, 0.717) is 11.3 Å². The molecule has 0 aliphatic carbocycles. The van der Waals surface area contributed by atoms with E-state index >= 15 is 0 Å². The van der Waals surface area contributed by atoms with Gasteiger partial charge in [-0.1, -0.05) is 0 Å². The lowest BCUT2D eigenvalue weighted by Crippen LogP contribution is -2.12. The number of benzene rings is 2. The quantitative estimate of drug-likeness (QED) is 0.651. The number of carbonyl (C=O) groups excluding carboxylic acids is 1. The average Bonchev–Trinajstić information content (AvgIpc) is 2.49. The Morgan fingerprint density at radius 2 is 1.87 bits per heavy atom. The monoisotopic (exact) mass is 331 g/mol. The second kappa shape index (κ2) is 6.37. The molecule has 0 unspecified atom stereocenters. The molecule has 0 radical (unpaired) electrons. The van der Waals surface area contributed by atoms with Gasteiger partial charge in [-0.25, -0.2) is 0 Å². The molecule has 0 heterocycles. The van der Waals surface area contributed by atoms with Crippen LogP contribution in [0.1, 0.15) is 12.5 Å². The number of rotatable bonds is 4. The Morgan fingerprint density at radius 1 is 1.22 bits per heavy atom. The maximum absolute atomic E-state index is 12.2. The molecule has 0 saturated heterocycles. The van der Waals surface area contributed by atoms with Gasteiger partial charge in [0.1, 0.15) is 10.6 Å². The minimum absolute atomic E-state index is 0.0773. The molecule has 118 valence electrons. The maximum atomic E-state index is 12.2. The second-order valence-electron chi connectivity index (χ2n) is 4.60. The number of nitrogen functional groups attached to an aromatic ring is 1. The lowest BCUT2D eigenvalue weighted by atomic mass is 10.2. The molecule has 2 rings (SSSR count). The van der Waals surface area contributed by atoms with Crippen molar-refractivity contribution in [2.75, 3.05) is 11.1 Å². The first kappa shape index (κ1) is 16.3. The van der Waals surface area contributed by atoms with Gasteiger partial charge in [-0.15, -0.1) is 0 Å². The van der Waals surface area contributed by atoms with Crippen molar-refractivity contribution in [2.45, 2.75) is 11.8 Å². The molecule has 2 aromatic carbocycles. The molecule has 2 aromatic rings. The molecule has 0 fully saturated rings. The van der Waals surface area contributed by atoms with Gasteiger partial charge in [0, 0.05) is 6.92 Å². The third kappa shape index (κ3) is 3.99. The molecule has 23 heavy (non-hydrogen) atoms. The van der Waals surface area contributed by atoms with Crippen LogP contribution >= 0.6 is 0 Å². The smallest absolute Gasteiger partial charge is 0.339 e. The van der Waals surface area contributed by atoms with Crippen LogP contribution in [0, 0.1) is 11.3 Å². The predicted octanol–water partition coefficient (Wildman–Crippen LogP) is 1.87. The maximum Gasteiger partial charge on any atom is 0.339 e. The highest BCUT2D eigenvalue weighted by Gasteiger charge is 2.18. The van der Waals surface area contributed by atoms with E-state index in [1.165, 1.54) is 49.4 Å². The molecule has 0 saturated carbocycles. The lowest BCUT2D eigenvalue weighted by Gasteiger charge is -2.10. The third-order valence-corrected chi connectivity index (χ3v) is 4.05. The predicted molar refractivity (Wildman–Crippen MR) is 84.1 cm³/mol.